The Labute approximate surface area is 141 Å². The molecular formula is C12H20N6O7. The van der Waals surface area contributed by atoms with Gasteiger partial charge in [-0.05, 0) is 0 Å². The summed E-state index contributed by atoms with van der Waals surface area (Å²) < 4.78 is 0. The van der Waals surface area contributed by atoms with Crippen LogP contribution in [0.15, 0.2) is 0 Å². The summed E-state index contributed by atoms with van der Waals surface area (Å²) in [4.78, 5) is 67.2. The van der Waals surface area contributed by atoms with Crippen LogP contribution in [-0.2, 0) is 28.8 Å². The maximum absolute atomic E-state index is 11.9. The fourth-order valence-corrected chi connectivity index (χ4v) is 1.60. The third-order valence-electron chi connectivity index (χ3n) is 2.70. The molecule has 0 aliphatic heterocycles. The zero-order valence-electron chi connectivity index (χ0n) is 13.1. The molecule has 0 saturated heterocycles. The van der Waals surface area contributed by atoms with Gasteiger partial charge in [-0.15, -0.1) is 0 Å². The molecule has 0 aromatic rings. The van der Waals surface area contributed by atoms with Gasteiger partial charge in [0.15, 0.2) is 0 Å². The smallest absolute Gasteiger partial charge is 0.326 e. The van der Waals surface area contributed by atoms with Crippen LogP contribution in [0.3, 0.4) is 0 Å². The molecule has 0 aromatic heterocycles. The maximum Gasteiger partial charge on any atom is 0.326 e. The third-order valence-corrected chi connectivity index (χ3v) is 2.70. The summed E-state index contributed by atoms with van der Waals surface area (Å²) in [7, 11) is 0. The van der Waals surface area contributed by atoms with Crippen LogP contribution >= 0.6 is 0 Å². The van der Waals surface area contributed by atoms with E-state index < -0.39 is 73.5 Å². The van der Waals surface area contributed by atoms with Gasteiger partial charge < -0.3 is 38.3 Å². The molecule has 0 aromatic carbocycles. The molecule has 0 rings (SSSR count). The molecule has 0 fully saturated rings. The monoisotopic (exact) mass is 360 g/mol. The molecule has 2 atom stereocenters. The lowest BCUT2D eigenvalue weighted by atomic mass is 10.1. The van der Waals surface area contributed by atoms with E-state index >= 15 is 0 Å². The van der Waals surface area contributed by atoms with Gasteiger partial charge in [0, 0.05) is 0 Å². The van der Waals surface area contributed by atoms with Crippen molar-refractivity contribution in [3.05, 3.63) is 0 Å². The largest absolute Gasteiger partial charge is 0.480 e. The molecule has 10 N–H and O–H groups in total. The van der Waals surface area contributed by atoms with Gasteiger partial charge in [-0.3, -0.25) is 24.0 Å². The number of hydrogen-bond acceptors (Lipinski definition) is 7. The number of rotatable bonds is 11. The minimum atomic E-state index is -1.56. The summed E-state index contributed by atoms with van der Waals surface area (Å²) in [6, 6.07) is -2.90. The zero-order chi connectivity index (χ0) is 19.6. The molecule has 0 bridgehead atoms. The Hall–Kier alpha value is -3.22. The number of amides is 5. The predicted molar refractivity (Wildman–Crippen MR) is 81.2 cm³/mol. The summed E-state index contributed by atoms with van der Waals surface area (Å²) in [5.74, 6) is -5.86. The zero-order valence-corrected chi connectivity index (χ0v) is 13.1. The first kappa shape index (κ1) is 21.8. The van der Waals surface area contributed by atoms with Crippen molar-refractivity contribution in [3.8, 4) is 0 Å². The molecule has 0 heterocycles. The molecular weight excluding hydrogens is 340 g/mol. The van der Waals surface area contributed by atoms with Crippen LogP contribution in [0.5, 0.6) is 0 Å². The topological polar surface area (TPSA) is 237 Å². The number of carbonyl (C=O) groups excluding carboxylic acids is 5. The van der Waals surface area contributed by atoms with Crippen LogP contribution in [0.2, 0.25) is 0 Å². The standard InChI is InChI=1S/C12H20N6O7/c13-3-9(21)17-5(1-7(14)19)11(23)16-4-10(22)18-6(12(24)25)2-8(15)20/h5-6H,1-4,13H2,(H2,14,19)(H2,15,20)(H,16,23)(H,17,21)(H,18,22)(H,24,25)/t5-,6-/m0/s1. The molecule has 13 heteroatoms. The van der Waals surface area contributed by atoms with Gasteiger partial charge >= 0.3 is 5.97 Å². The Balaban J connectivity index is 4.67. The van der Waals surface area contributed by atoms with E-state index in [-0.39, 0.29) is 0 Å². The molecule has 0 aliphatic carbocycles. The van der Waals surface area contributed by atoms with E-state index in [2.05, 4.69) is 10.6 Å². The highest BCUT2D eigenvalue weighted by atomic mass is 16.4. The number of carboxylic acid groups (broad SMARTS) is 1. The van der Waals surface area contributed by atoms with Crippen LogP contribution in [0, 0.1) is 0 Å². The number of carbonyl (C=O) groups is 6. The van der Waals surface area contributed by atoms with Crippen LogP contribution in [0.1, 0.15) is 12.8 Å². The van der Waals surface area contributed by atoms with E-state index in [1.807, 2.05) is 5.32 Å². The molecule has 13 nitrogen and oxygen atoms in total. The summed E-state index contributed by atoms with van der Waals surface area (Å²) in [5.41, 5.74) is 14.9. The van der Waals surface area contributed by atoms with Crippen LogP contribution in [0.4, 0.5) is 0 Å². The summed E-state index contributed by atoms with van der Waals surface area (Å²) in [6.07, 6.45) is -1.16. The lowest BCUT2D eigenvalue weighted by molar-refractivity contribution is -0.143. The van der Waals surface area contributed by atoms with E-state index in [4.69, 9.17) is 22.3 Å². The van der Waals surface area contributed by atoms with E-state index in [0.717, 1.165) is 0 Å². The van der Waals surface area contributed by atoms with Crippen LogP contribution < -0.4 is 33.2 Å². The minimum Gasteiger partial charge on any atom is -0.480 e. The van der Waals surface area contributed by atoms with E-state index in [9.17, 15) is 28.8 Å². The number of nitrogens with two attached hydrogens (primary N) is 3. The van der Waals surface area contributed by atoms with E-state index in [1.54, 1.807) is 0 Å². The Morgan fingerprint density at radius 2 is 1.32 bits per heavy atom. The van der Waals surface area contributed by atoms with E-state index in [0.29, 0.717) is 0 Å². The molecule has 0 spiro atoms. The van der Waals surface area contributed by atoms with Gasteiger partial charge in [-0.25, -0.2) is 4.79 Å². The summed E-state index contributed by atoms with van der Waals surface area (Å²) in [5, 5.41) is 15.1. The highest BCUT2D eigenvalue weighted by Crippen LogP contribution is 1.94. The Kier molecular flexibility index (Phi) is 9.18. The first-order chi connectivity index (χ1) is 11.6. The molecule has 5 amide bonds. The van der Waals surface area contributed by atoms with Crippen molar-refractivity contribution in [3.63, 3.8) is 0 Å². The van der Waals surface area contributed by atoms with Gasteiger partial charge in [0.1, 0.15) is 12.1 Å². The second-order valence-corrected chi connectivity index (χ2v) is 4.84. The van der Waals surface area contributed by atoms with Crippen LogP contribution in [0.25, 0.3) is 0 Å². The Morgan fingerprint density at radius 1 is 0.840 bits per heavy atom. The van der Waals surface area contributed by atoms with Crippen LogP contribution in [-0.4, -0.2) is 65.8 Å². The Bertz CT molecular complexity index is 564. The summed E-state index contributed by atoms with van der Waals surface area (Å²) >= 11 is 0. The third kappa shape index (κ3) is 9.50. The van der Waals surface area contributed by atoms with E-state index in [1.165, 1.54) is 0 Å². The highest BCUT2D eigenvalue weighted by Gasteiger charge is 2.25. The Morgan fingerprint density at radius 3 is 1.76 bits per heavy atom. The first-order valence-electron chi connectivity index (χ1n) is 6.92. The molecule has 140 valence electrons. The highest BCUT2D eigenvalue weighted by molar-refractivity contribution is 5.94. The average Bonchev–Trinajstić information content (AvgIpc) is 2.50. The van der Waals surface area contributed by atoms with Crippen molar-refractivity contribution in [1.82, 2.24) is 16.0 Å². The van der Waals surface area contributed by atoms with Crippen molar-refractivity contribution in [2.45, 2.75) is 24.9 Å². The van der Waals surface area contributed by atoms with Gasteiger partial charge in [0.25, 0.3) is 0 Å². The second-order valence-electron chi connectivity index (χ2n) is 4.84. The normalized spacial score (nSPS) is 12.4. The number of nitrogens with one attached hydrogen (secondary N) is 3. The maximum atomic E-state index is 11.9. The van der Waals surface area contributed by atoms with Gasteiger partial charge in [0.2, 0.25) is 29.5 Å². The van der Waals surface area contributed by atoms with Gasteiger partial charge in [-0.2, -0.15) is 0 Å². The van der Waals surface area contributed by atoms with Gasteiger partial charge in [-0.1, -0.05) is 0 Å². The molecule has 0 radical (unpaired) electrons. The predicted octanol–water partition coefficient (Wildman–Crippen LogP) is -5.13. The number of primary amides is 2. The molecule has 0 saturated carbocycles. The fraction of sp³-hybridized carbons (Fsp3) is 0.500. The number of aliphatic carboxylic acids is 1. The lowest BCUT2D eigenvalue weighted by Gasteiger charge is -2.17. The quantitative estimate of drug-likeness (QED) is 0.187. The summed E-state index contributed by atoms with van der Waals surface area (Å²) in [6.45, 7) is -1.11. The fourth-order valence-electron chi connectivity index (χ4n) is 1.60. The van der Waals surface area contributed by atoms with Crippen molar-refractivity contribution in [2.24, 2.45) is 17.2 Å². The average molecular weight is 360 g/mol. The van der Waals surface area contributed by atoms with Crippen molar-refractivity contribution >= 4 is 35.5 Å². The molecule has 0 unspecified atom stereocenters. The van der Waals surface area contributed by atoms with Crippen molar-refractivity contribution in [1.29, 1.82) is 0 Å². The molecule has 0 aliphatic rings. The minimum absolute atomic E-state index is 0.434. The van der Waals surface area contributed by atoms with Crippen molar-refractivity contribution in [2.75, 3.05) is 13.1 Å². The van der Waals surface area contributed by atoms with Crippen molar-refractivity contribution < 1.29 is 33.9 Å². The number of carboxylic acids is 1. The molecule has 25 heavy (non-hydrogen) atoms. The lowest BCUT2D eigenvalue weighted by Crippen LogP contribution is -2.52. The number of hydrogen-bond donors (Lipinski definition) is 7. The second kappa shape index (κ2) is 10.5. The first-order valence-corrected chi connectivity index (χ1v) is 6.92. The van der Waals surface area contributed by atoms with Gasteiger partial charge in [0.05, 0.1) is 25.9 Å². The SMILES string of the molecule is NCC(=O)N[C@@H](CC(N)=O)C(=O)NCC(=O)N[C@@H](CC(N)=O)C(=O)O.